The van der Waals surface area contributed by atoms with Crippen LogP contribution in [0.5, 0.6) is 5.75 Å². The molecule has 0 spiro atoms. The minimum absolute atomic E-state index is 0.113. The first-order valence-corrected chi connectivity index (χ1v) is 10.6. The fourth-order valence-corrected chi connectivity index (χ4v) is 3.94. The highest BCUT2D eigenvalue weighted by molar-refractivity contribution is 6.32. The number of carbonyl (C=O) groups is 1. The zero-order valence-electron chi connectivity index (χ0n) is 17.8. The van der Waals surface area contributed by atoms with Gasteiger partial charge in [0.15, 0.2) is 0 Å². The Morgan fingerprint density at radius 3 is 2.38 bits per heavy atom. The van der Waals surface area contributed by atoms with Crippen LogP contribution in [0.4, 0.5) is 5.69 Å². The van der Waals surface area contributed by atoms with Crippen LogP contribution in [0.2, 0.25) is 0 Å². The van der Waals surface area contributed by atoms with E-state index >= 15 is 0 Å². The highest BCUT2D eigenvalue weighted by atomic mass is 16.5. The van der Waals surface area contributed by atoms with Crippen molar-refractivity contribution in [2.45, 2.75) is 13.5 Å². The largest absolute Gasteiger partial charge is 0.492 e. The van der Waals surface area contributed by atoms with Crippen molar-refractivity contribution in [3.8, 4) is 5.75 Å². The van der Waals surface area contributed by atoms with Crippen molar-refractivity contribution in [3.05, 3.63) is 102 Å². The van der Waals surface area contributed by atoms with Crippen molar-refractivity contribution < 1.29 is 9.53 Å². The number of rotatable bonds is 6. The molecular formula is C27H23N3O2. The molecule has 0 radical (unpaired) electrons. The second-order valence-electron chi connectivity index (χ2n) is 7.65. The number of amides is 1. The Hall–Kier alpha value is -4.12. The fourth-order valence-electron chi connectivity index (χ4n) is 3.94. The van der Waals surface area contributed by atoms with Gasteiger partial charge in [0.05, 0.1) is 23.5 Å². The molecule has 158 valence electrons. The molecule has 1 amide bonds. The summed E-state index contributed by atoms with van der Waals surface area (Å²) < 4.78 is 8.05. The predicted molar refractivity (Wildman–Crippen MR) is 129 cm³/mol. The number of aromatic nitrogens is 1. The molecule has 4 aromatic rings. The van der Waals surface area contributed by atoms with Crippen molar-refractivity contribution in [1.29, 1.82) is 0 Å². The summed E-state index contributed by atoms with van der Waals surface area (Å²) in [6.45, 7) is 3.13. The lowest BCUT2D eigenvalue weighted by Gasteiger charge is -2.10. The second-order valence-corrected chi connectivity index (χ2v) is 7.65. The van der Waals surface area contributed by atoms with E-state index in [-0.39, 0.29) is 5.91 Å². The standard InChI is InChI=1S/C27H23N3O2/c1-20-25(27(31)30(28-20)22-10-4-2-5-11-22)18-21-19-29(26-15-9-8-14-24(21)26)16-17-32-23-12-6-3-7-13-23/h2-15,18-19H,16-17H2,1H3/b25-18+. The van der Waals surface area contributed by atoms with Gasteiger partial charge in [0.1, 0.15) is 12.4 Å². The van der Waals surface area contributed by atoms with Crippen LogP contribution in [0.25, 0.3) is 17.0 Å². The third kappa shape index (κ3) is 3.81. The summed E-state index contributed by atoms with van der Waals surface area (Å²) in [6.07, 6.45) is 4.03. The van der Waals surface area contributed by atoms with E-state index in [0.717, 1.165) is 27.9 Å². The third-order valence-corrected chi connectivity index (χ3v) is 5.53. The number of hydrogen-bond donors (Lipinski definition) is 0. The molecule has 5 rings (SSSR count). The highest BCUT2D eigenvalue weighted by Gasteiger charge is 2.28. The molecule has 0 bridgehead atoms. The third-order valence-electron chi connectivity index (χ3n) is 5.53. The predicted octanol–water partition coefficient (Wildman–Crippen LogP) is 5.53. The quantitative estimate of drug-likeness (QED) is 0.385. The second kappa shape index (κ2) is 8.55. The van der Waals surface area contributed by atoms with Crippen LogP contribution in [-0.4, -0.2) is 22.8 Å². The summed E-state index contributed by atoms with van der Waals surface area (Å²) in [5.74, 6) is 0.744. The molecule has 2 heterocycles. The van der Waals surface area contributed by atoms with Crippen LogP contribution in [0, 0.1) is 0 Å². The minimum Gasteiger partial charge on any atom is -0.492 e. The number of para-hydroxylation sites is 3. The van der Waals surface area contributed by atoms with Crippen LogP contribution in [0.1, 0.15) is 12.5 Å². The lowest BCUT2D eigenvalue weighted by molar-refractivity contribution is -0.114. The Kier molecular flexibility index (Phi) is 5.30. The molecular weight excluding hydrogens is 398 g/mol. The zero-order chi connectivity index (χ0) is 21.9. The monoisotopic (exact) mass is 421 g/mol. The summed E-state index contributed by atoms with van der Waals surface area (Å²) in [5, 5.41) is 7.05. The molecule has 0 saturated carbocycles. The highest BCUT2D eigenvalue weighted by Crippen LogP contribution is 2.28. The lowest BCUT2D eigenvalue weighted by Crippen LogP contribution is -2.21. The average molecular weight is 422 g/mol. The Bertz CT molecular complexity index is 1320. The summed E-state index contributed by atoms with van der Waals surface area (Å²) in [4.78, 5) is 13.1. The first-order chi connectivity index (χ1) is 15.7. The number of ether oxygens (including phenoxy) is 1. The van der Waals surface area contributed by atoms with E-state index in [1.165, 1.54) is 5.01 Å². The van der Waals surface area contributed by atoms with Crippen LogP contribution in [-0.2, 0) is 11.3 Å². The minimum atomic E-state index is -0.113. The van der Waals surface area contributed by atoms with Crippen molar-refractivity contribution in [3.63, 3.8) is 0 Å². The molecule has 0 saturated heterocycles. The molecule has 0 unspecified atom stereocenters. The summed E-state index contributed by atoms with van der Waals surface area (Å²) in [7, 11) is 0. The van der Waals surface area contributed by atoms with Crippen LogP contribution < -0.4 is 9.75 Å². The number of hydrogen-bond acceptors (Lipinski definition) is 3. The van der Waals surface area contributed by atoms with E-state index in [9.17, 15) is 4.79 Å². The molecule has 3 aromatic carbocycles. The number of fused-ring (bicyclic) bond motifs is 1. The smallest absolute Gasteiger partial charge is 0.280 e. The molecule has 0 fully saturated rings. The van der Waals surface area contributed by atoms with Gasteiger partial charge in [-0.1, -0.05) is 54.6 Å². The average Bonchev–Trinajstić information content (AvgIpc) is 3.33. The topological polar surface area (TPSA) is 46.8 Å². The van der Waals surface area contributed by atoms with Crippen LogP contribution in [0.3, 0.4) is 0 Å². The van der Waals surface area contributed by atoms with Crippen molar-refractivity contribution in [1.82, 2.24) is 4.57 Å². The first-order valence-electron chi connectivity index (χ1n) is 10.6. The molecule has 0 N–H and O–H groups in total. The van der Waals surface area contributed by atoms with Crippen molar-refractivity contribution >= 4 is 34.3 Å². The fraction of sp³-hybridized carbons (Fsp3) is 0.111. The van der Waals surface area contributed by atoms with Gasteiger partial charge in [0.25, 0.3) is 5.91 Å². The molecule has 1 aliphatic heterocycles. The number of nitrogens with zero attached hydrogens (tertiary/aromatic N) is 3. The van der Waals surface area contributed by atoms with Gasteiger partial charge in [0, 0.05) is 22.7 Å². The summed E-state index contributed by atoms with van der Waals surface area (Å²) in [5.41, 5.74) is 4.19. The van der Waals surface area contributed by atoms with E-state index in [1.54, 1.807) is 0 Å². The molecule has 1 aliphatic rings. The Morgan fingerprint density at radius 1 is 0.906 bits per heavy atom. The van der Waals surface area contributed by atoms with E-state index in [1.807, 2.05) is 85.8 Å². The van der Waals surface area contributed by atoms with Gasteiger partial charge in [-0.05, 0) is 43.3 Å². The number of carbonyl (C=O) groups excluding carboxylic acids is 1. The van der Waals surface area contributed by atoms with Crippen LogP contribution in [0.15, 0.2) is 102 Å². The van der Waals surface area contributed by atoms with E-state index < -0.39 is 0 Å². The van der Waals surface area contributed by atoms with Gasteiger partial charge >= 0.3 is 0 Å². The Morgan fingerprint density at radius 2 is 1.59 bits per heavy atom. The van der Waals surface area contributed by atoms with Gasteiger partial charge in [-0.25, -0.2) is 0 Å². The summed E-state index contributed by atoms with van der Waals surface area (Å²) in [6, 6.07) is 27.5. The Labute approximate surface area is 186 Å². The van der Waals surface area contributed by atoms with Crippen molar-refractivity contribution in [2.75, 3.05) is 11.6 Å². The molecule has 32 heavy (non-hydrogen) atoms. The Balaban J connectivity index is 1.43. The lowest BCUT2D eigenvalue weighted by atomic mass is 10.1. The van der Waals surface area contributed by atoms with E-state index in [2.05, 4.69) is 28.0 Å². The maximum atomic E-state index is 13.1. The van der Waals surface area contributed by atoms with Crippen molar-refractivity contribution in [2.24, 2.45) is 5.10 Å². The first kappa shape index (κ1) is 19.8. The number of hydrazone groups is 1. The summed E-state index contributed by atoms with van der Waals surface area (Å²) >= 11 is 0. The maximum absolute atomic E-state index is 13.1. The zero-order valence-corrected chi connectivity index (χ0v) is 17.8. The number of anilines is 1. The van der Waals surface area contributed by atoms with E-state index in [4.69, 9.17) is 4.74 Å². The van der Waals surface area contributed by atoms with Gasteiger partial charge < -0.3 is 9.30 Å². The van der Waals surface area contributed by atoms with Gasteiger partial charge in [-0.3, -0.25) is 4.79 Å². The van der Waals surface area contributed by atoms with Crippen LogP contribution >= 0.6 is 0 Å². The van der Waals surface area contributed by atoms with E-state index in [0.29, 0.717) is 24.4 Å². The molecule has 5 heteroatoms. The van der Waals surface area contributed by atoms with Gasteiger partial charge in [0.2, 0.25) is 0 Å². The normalized spacial score (nSPS) is 14.9. The van der Waals surface area contributed by atoms with Gasteiger partial charge in [-0.15, -0.1) is 0 Å². The number of benzene rings is 3. The molecule has 1 aromatic heterocycles. The SMILES string of the molecule is CC1=NN(c2ccccc2)C(=O)/C1=C/c1cn(CCOc2ccccc2)c2ccccc12. The molecule has 0 atom stereocenters. The van der Waals surface area contributed by atoms with Gasteiger partial charge in [-0.2, -0.15) is 10.1 Å². The maximum Gasteiger partial charge on any atom is 0.280 e. The molecule has 5 nitrogen and oxygen atoms in total. The molecule has 0 aliphatic carbocycles.